The van der Waals surface area contributed by atoms with E-state index in [-0.39, 0.29) is 26.4 Å². The fourth-order valence-electron chi connectivity index (χ4n) is 0.862. The van der Waals surface area contributed by atoms with Gasteiger partial charge in [-0.15, -0.1) is 19.7 Å². The first-order valence-corrected chi connectivity index (χ1v) is 5.63. The SMILES string of the molecule is C=CC[Si](CC=C)CC=C.[GeH3]. The molecule has 2 heteroatoms. The molecule has 0 fully saturated rings. The van der Waals surface area contributed by atoms with Crippen molar-refractivity contribution in [3.05, 3.63) is 38.0 Å². The zero-order valence-corrected chi connectivity index (χ0v) is 12.7. The first kappa shape index (κ1) is 13.6. The van der Waals surface area contributed by atoms with Crippen molar-refractivity contribution in [2.45, 2.75) is 18.1 Å². The second kappa shape index (κ2) is 9.98. The van der Waals surface area contributed by atoms with Crippen LogP contribution in [0.2, 0.25) is 18.1 Å². The van der Waals surface area contributed by atoms with Gasteiger partial charge < -0.3 is 0 Å². The summed E-state index contributed by atoms with van der Waals surface area (Å²) in [6.07, 6.45) is 6.00. The number of hydrogen-bond acceptors (Lipinski definition) is 0. The summed E-state index contributed by atoms with van der Waals surface area (Å²) in [5.74, 6) is 0. The minimum atomic E-state index is -0.252. The Morgan fingerprint density at radius 3 is 1.27 bits per heavy atom. The van der Waals surface area contributed by atoms with Crippen molar-refractivity contribution >= 4 is 26.4 Å². The van der Waals surface area contributed by atoms with Crippen molar-refractivity contribution in [1.29, 1.82) is 0 Å². The zero-order chi connectivity index (χ0) is 7.82. The third-order valence-corrected chi connectivity index (χ3v) is 3.90. The van der Waals surface area contributed by atoms with Crippen molar-refractivity contribution in [2.75, 3.05) is 0 Å². The summed E-state index contributed by atoms with van der Waals surface area (Å²) >= 11 is 0. The summed E-state index contributed by atoms with van der Waals surface area (Å²) < 4.78 is 0. The number of hydrogen-bond donors (Lipinski definition) is 0. The first-order valence-electron chi connectivity index (χ1n) is 3.51. The zero-order valence-electron chi connectivity index (χ0n) is 7.47. The van der Waals surface area contributed by atoms with Gasteiger partial charge in [0, 0.05) is 0 Å². The van der Waals surface area contributed by atoms with Crippen molar-refractivity contribution in [3.63, 3.8) is 0 Å². The number of rotatable bonds is 6. The van der Waals surface area contributed by atoms with Gasteiger partial charge in [0.05, 0.1) is 8.80 Å². The van der Waals surface area contributed by atoms with E-state index in [2.05, 4.69) is 19.7 Å². The Hall–Kier alpha value is -0.0203. The summed E-state index contributed by atoms with van der Waals surface area (Å²) in [6.45, 7) is 11.2. The van der Waals surface area contributed by atoms with E-state index in [1.807, 2.05) is 18.2 Å². The molecule has 0 heterocycles. The topological polar surface area (TPSA) is 0 Å². The second-order valence-corrected chi connectivity index (χ2v) is 4.95. The van der Waals surface area contributed by atoms with Crippen LogP contribution in [-0.2, 0) is 0 Å². The molecule has 62 valence electrons. The molecule has 0 aromatic heterocycles. The Morgan fingerprint density at radius 1 is 0.818 bits per heavy atom. The van der Waals surface area contributed by atoms with Crippen LogP contribution in [0, 0.1) is 0 Å². The standard InChI is InChI=1S/C9H15Si.GeH3/c1-4-7-10(8-5-2)9-6-3;/h4-6H,1-3,7-9H2;1H3. The summed E-state index contributed by atoms with van der Waals surface area (Å²) in [7, 11) is -0.252. The molecule has 0 nitrogen and oxygen atoms in total. The van der Waals surface area contributed by atoms with Gasteiger partial charge in [-0.05, 0) is 18.1 Å². The molecule has 11 heavy (non-hydrogen) atoms. The molecule has 0 bridgehead atoms. The monoisotopic (exact) mass is 228 g/mol. The van der Waals surface area contributed by atoms with Crippen LogP contribution in [0.3, 0.4) is 0 Å². The van der Waals surface area contributed by atoms with Gasteiger partial charge in [-0.1, -0.05) is 18.2 Å². The van der Waals surface area contributed by atoms with Crippen LogP contribution in [0.4, 0.5) is 0 Å². The summed E-state index contributed by atoms with van der Waals surface area (Å²) in [5.41, 5.74) is 0. The Kier molecular flexibility index (Phi) is 12.3. The maximum atomic E-state index is 3.72. The quantitative estimate of drug-likeness (QED) is 0.479. The van der Waals surface area contributed by atoms with Crippen LogP contribution < -0.4 is 0 Å². The van der Waals surface area contributed by atoms with E-state index in [0.29, 0.717) is 0 Å². The summed E-state index contributed by atoms with van der Waals surface area (Å²) in [4.78, 5) is 0. The van der Waals surface area contributed by atoms with Crippen LogP contribution in [0.1, 0.15) is 0 Å². The Labute approximate surface area is 82.7 Å². The molecule has 0 rings (SSSR count). The molecule has 0 N–H and O–H groups in total. The molecule has 0 aliphatic heterocycles. The van der Waals surface area contributed by atoms with Crippen LogP contribution in [0.25, 0.3) is 0 Å². The van der Waals surface area contributed by atoms with Gasteiger partial charge in [0.15, 0.2) is 0 Å². The molecule has 0 spiro atoms. The molecule has 0 saturated carbocycles. The molecule has 0 saturated heterocycles. The van der Waals surface area contributed by atoms with Crippen LogP contribution >= 0.6 is 0 Å². The van der Waals surface area contributed by atoms with Gasteiger partial charge in [-0.3, -0.25) is 0 Å². The van der Waals surface area contributed by atoms with Crippen LogP contribution in [0.15, 0.2) is 38.0 Å². The Morgan fingerprint density at radius 2 is 1.09 bits per heavy atom. The molecule has 2 radical (unpaired) electrons. The molecular formula is C9H18GeSi. The van der Waals surface area contributed by atoms with Crippen LogP contribution in [0.5, 0.6) is 0 Å². The van der Waals surface area contributed by atoms with Crippen molar-refractivity contribution in [2.24, 2.45) is 0 Å². The molecule has 0 unspecified atom stereocenters. The normalized spacial score (nSPS) is 8.45. The molecule has 0 aromatic rings. The van der Waals surface area contributed by atoms with Gasteiger partial charge in [-0.25, -0.2) is 0 Å². The molecule has 0 atom stereocenters. The van der Waals surface area contributed by atoms with Crippen molar-refractivity contribution in [3.8, 4) is 0 Å². The van der Waals surface area contributed by atoms with Gasteiger partial charge in [0.25, 0.3) is 0 Å². The van der Waals surface area contributed by atoms with Crippen LogP contribution in [-0.4, -0.2) is 26.4 Å². The predicted octanol–water partition coefficient (Wildman–Crippen LogP) is 1.86. The fraction of sp³-hybridized carbons (Fsp3) is 0.333. The third-order valence-electron chi connectivity index (χ3n) is 1.30. The third kappa shape index (κ3) is 7.88. The van der Waals surface area contributed by atoms with E-state index >= 15 is 0 Å². The van der Waals surface area contributed by atoms with Gasteiger partial charge in [0.2, 0.25) is 0 Å². The van der Waals surface area contributed by atoms with Crippen molar-refractivity contribution < 1.29 is 0 Å². The number of allylic oxidation sites excluding steroid dienone is 3. The second-order valence-electron chi connectivity index (χ2n) is 2.23. The van der Waals surface area contributed by atoms with E-state index in [4.69, 9.17) is 0 Å². The predicted molar refractivity (Wildman–Crippen MR) is 60.7 cm³/mol. The molecule has 0 aliphatic carbocycles. The Bertz CT molecular complexity index is 97.0. The first-order chi connectivity index (χ1) is 4.85. The van der Waals surface area contributed by atoms with E-state index in [0.717, 1.165) is 0 Å². The average molecular weight is 227 g/mol. The molecule has 0 aromatic carbocycles. The summed E-state index contributed by atoms with van der Waals surface area (Å²) in [5, 5.41) is 0. The average Bonchev–Trinajstić information content (AvgIpc) is 1.90. The molecule has 0 aliphatic rings. The Balaban J connectivity index is 0. The van der Waals surface area contributed by atoms with E-state index < -0.39 is 0 Å². The summed E-state index contributed by atoms with van der Waals surface area (Å²) in [6, 6.07) is 3.51. The fourth-order valence-corrected chi connectivity index (χ4v) is 2.59. The maximum absolute atomic E-state index is 3.72. The minimum absolute atomic E-state index is 0. The van der Waals surface area contributed by atoms with Crippen molar-refractivity contribution in [1.82, 2.24) is 0 Å². The van der Waals surface area contributed by atoms with E-state index in [1.165, 1.54) is 18.1 Å². The molecule has 0 amide bonds. The van der Waals surface area contributed by atoms with Gasteiger partial charge in [-0.2, -0.15) is 0 Å². The van der Waals surface area contributed by atoms with E-state index in [9.17, 15) is 0 Å². The van der Waals surface area contributed by atoms with Gasteiger partial charge in [0.1, 0.15) is 0 Å². The van der Waals surface area contributed by atoms with E-state index in [1.54, 1.807) is 0 Å². The molecular weight excluding hydrogens is 209 g/mol. The van der Waals surface area contributed by atoms with Gasteiger partial charge >= 0.3 is 17.6 Å².